The van der Waals surface area contributed by atoms with Crippen LogP contribution < -0.4 is 5.32 Å². The fraction of sp³-hybridized carbons (Fsp3) is 0.417. The second kappa shape index (κ2) is 11.3. The minimum atomic E-state index is -0.625. The van der Waals surface area contributed by atoms with E-state index < -0.39 is 6.04 Å². The van der Waals surface area contributed by atoms with Crippen LogP contribution >= 0.6 is 35.0 Å². The first-order valence-corrected chi connectivity index (χ1v) is 12.1. The third kappa shape index (κ3) is 8.06. The Morgan fingerprint density at radius 1 is 1.10 bits per heavy atom. The number of benzene rings is 2. The number of aryl methyl sites for hydroxylation is 1. The fourth-order valence-electron chi connectivity index (χ4n) is 2.99. The molecule has 0 bridgehead atoms. The van der Waals surface area contributed by atoms with E-state index in [0.29, 0.717) is 10.0 Å². The van der Waals surface area contributed by atoms with Gasteiger partial charge in [-0.1, -0.05) is 53.5 Å². The second-order valence-electron chi connectivity index (χ2n) is 8.60. The highest BCUT2D eigenvalue weighted by Crippen LogP contribution is 2.24. The summed E-state index contributed by atoms with van der Waals surface area (Å²) in [6.45, 7) is 9.84. The van der Waals surface area contributed by atoms with Crippen molar-refractivity contribution in [3.8, 4) is 0 Å². The monoisotopic (exact) mass is 480 g/mol. The van der Waals surface area contributed by atoms with Crippen LogP contribution in [0.15, 0.2) is 42.5 Å². The van der Waals surface area contributed by atoms with Crippen LogP contribution in [0.4, 0.5) is 0 Å². The summed E-state index contributed by atoms with van der Waals surface area (Å²) in [7, 11) is 0. The van der Waals surface area contributed by atoms with Gasteiger partial charge in [0.15, 0.2) is 0 Å². The van der Waals surface area contributed by atoms with Gasteiger partial charge < -0.3 is 10.2 Å². The standard InChI is InChI=1S/C24H30Cl2N2O2S/c1-16-8-6-7-9-19(16)14-31-15-22(29)28(17(2)23(30)27-24(3,4)5)13-18-10-11-20(25)21(26)12-18/h6-12,17H,13-15H2,1-5H3,(H,27,30). The van der Waals surface area contributed by atoms with E-state index in [1.807, 2.05) is 39.0 Å². The van der Waals surface area contributed by atoms with Gasteiger partial charge in [-0.05, 0) is 63.4 Å². The summed E-state index contributed by atoms with van der Waals surface area (Å²) in [6, 6.07) is 12.8. The summed E-state index contributed by atoms with van der Waals surface area (Å²) >= 11 is 13.7. The molecule has 7 heteroatoms. The molecule has 2 aromatic carbocycles. The molecule has 4 nitrogen and oxygen atoms in total. The molecular weight excluding hydrogens is 451 g/mol. The average Bonchev–Trinajstić information content (AvgIpc) is 2.68. The number of amides is 2. The van der Waals surface area contributed by atoms with Gasteiger partial charge in [0.25, 0.3) is 0 Å². The molecule has 1 atom stereocenters. The van der Waals surface area contributed by atoms with Crippen LogP contribution in [-0.2, 0) is 21.9 Å². The zero-order valence-electron chi connectivity index (χ0n) is 18.7. The maximum absolute atomic E-state index is 13.2. The molecule has 0 aromatic heterocycles. The average molecular weight is 481 g/mol. The van der Waals surface area contributed by atoms with E-state index in [-0.39, 0.29) is 29.7 Å². The Kier molecular flexibility index (Phi) is 9.28. The zero-order valence-corrected chi connectivity index (χ0v) is 21.0. The minimum Gasteiger partial charge on any atom is -0.350 e. The second-order valence-corrected chi connectivity index (χ2v) is 10.4. The minimum absolute atomic E-state index is 0.0961. The topological polar surface area (TPSA) is 49.4 Å². The first kappa shape index (κ1) is 25.6. The summed E-state index contributed by atoms with van der Waals surface area (Å²) in [5.41, 5.74) is 2.84. The number of thioether (sulfide) groups is 1. The van der Waals surface area contributed by atoms with Crippen molar-refractivity contribution in [3.63, 3.8) is 0 Å². The summed E-state index contributed by atoms with van der Waals surface area (Å²) < 4.78 is 0. The maximum atomic E-state index is 13.2. The van der Waals surface area contributed by atoms with Crippen molar-refractivity contribution in [1.82, 2.24) is 10.2 Å². The lowest BCUT2D eigenvalue weighted by Crippen LogP contribution is -2.52. The van der Waals surface area contributed by atoms with Gasteiger partial charge in [0, 0.05) is 17.8 Å². The van der Waals surface area contributed by atoms with E-state index in [9.17, 15) is 9.59 Å². The number of hydrogen-bond donors (Lipinski definition) is 1. The van der Waals surface area contributed by atoms with Crippen molar-refractivity contribution in [2.75, 3.05) is 5.75 Å². The third-order valence-corrected chi connectivity index (χ3v) is 6.45. The molecule has 0 saturated heterocycles. The smallest absolute Gasteiger partial charge is 0.242 e. The quantitative estimate of drug-likeness (QED) is 0.513. The van der Waals surface area contributed by atoms with Gasteiger partial charge in [0.1, 0.15) is 6.04 Å². The van der Waals surface area contributed by atoms with Gasteiger partial charge in [-0.2, -0.15) is 0 Å². The zero-order chi connectivity index (χ0) is 23.2. The van der Waals surface area contributed by atoms with Crippen LogP contribution in [0.5, 0.6) is 0 Å². The molecule has 0 fully saturated rings. The lowest BCUT2D eigenvalue weighted by atomic mass is 10.1. The van der Waals surface area contributed by atoms with Crippen LogP contribution in [0.2, 0.25) is 10.0 Å². The molecule has 0 radical (unpaired) electrons. The SMILES string of the molecule is Cc1ccccc1CSCC(=O)N(Cc1ccc(Cl)c(Cl)c1)C(C)C(=O)NC(C)(C)C. The van der Waals surface area contributed by atoms with Gasteiger partial charge in [0.05, 0.1) is 15.8 Å². The normalized spacial score (nSPS) is 12.4. The van der Waals surface area contributed by atoms with Gasteiger partial charge in [-0.25, -0.2) is 0 Å². The molecule has 0 aliphatic heterocycles. The Hall–Kier alpha value is -1.69. The van der Waals surface area contributed by atoms with Crippen LogP contribution in [0.25, 0.3) is 0 Å². The molecule has 0 heterocycles. The maximum Gasteiger partial charge on any atom is 0.242 e. The van der Waals surface area contributed by atoms with E-state index in [2.05, 4.69) is 24.4 Å². The van der Waals surface area contributed by atoms with Crippen molar-refractivity contribution >= 4 is 46.8 Å². The molecule has 0 aliphatic rings. The number of hydrogen-bond acceptors (Lipinski definition) is 3. The molecule has 2 aromatic rings. The van der Waals surface area contributed by atoms with Crippen molar-refractivity contribution in [3.05, 3.63) is 69.2 Å². The Balaban J connectivity index is 2.14. The predicted molar refractivity (Wildman–Crippen MR) is 132 cm³/mol. The first-order chi connectivity index (χ1) is 14.5. The van der Waals surface area contributed by atoms with E-state index in [1.165, 1.54) is 11.1 Å². The van der Waals surface area contributed by atoms with Gasteiger partial charge in [-0.3, -0.25) is 9.59 Å². The number of halogens is 2. The molecule has 0 aliphatic carbocycles. The van der Waals surface area contributed by atoms with E-state index in [0.717, 1.165) is 11.3 Å². The molecule has 31 heavy (non-hydrogen) atoms. The molecule has 1 N–H and O–H groups in total. The van der Waals surface area contributed by atoms with Crippen molar-refractivity contribution in [2.45, 2.75) is 58.5 Å². The summed E-state index contributed by atoms with van der Waals surface area (Å²) in [5, 5.41) is 3.84. The molecule has 2 amide bonds. The van der Waals surface area contributed by atoms with Crippen LogP contribution in [-0.4, -0.2) is 34.0 Å². The van der Waals surface area contributed by atoms with Crippen LogP contribution in [0.3, 0.4) is 0 Å². The highest BCUT2D eigenvalue weighted by molar-refractivity contribution is 7.99. The largest absolute Gasteiger partial charge is 0.350 e. The molecular formula is C24H30Cl2N2O2S. The highest BCUT2D eigenvalue weighted by Gasteiger charge is 2.28. The first-order valence-electron chi connectivity index (χ1n) is 10.2. The van der Waals surface area contributed by atoms with Crippen molar-refractivity contribution in [2.24, 2.45) is 0 Å². The highest BCUT2D eigenvalue weighted by atomic mass is 35.5. The molecule has 0 saturated carbocycles. The number of nitrogens with zero attached hydrogens (tertiary/aromatic N) is 1. The number of carbonyl (C=O) groups excluding carboxylic acids is 2. The van der Waals surface area contributed by atoms with Gasteiger partial charge >= 0.3 is 0 Å². The van der Waals surface area contributed by atoms with E-state index >= 15 is 0 Å². The fourth-order valence-corrected chi connectivity index (χ4v) is 4.30. The Bertz CT molecular complexity index is 928. The molecule has 2 rings (SSSR count). The number of carbonyl (C=O) groups is 2. The van der Waals surface area contributed by atoms with E-state index in [1.54, 1.807) is 35.7 Å². The molecule has 0 spiro atoms. The van der Waals surface area contributed by atoms with Gasteiger partial charge in [0.2, 0.25) is 11.8 Å². The lowest BCUT2D eigenvalue weighted by molar-refractivity contribution is -0.139. The van der Waals surface area contributed by atoms with Crippen molar-refractivity contribution in [1.29, 1.82) is 0 Å². The number of nitrogens with one attached hydrogen (secondary N) is 1. The summed E-state index contributed by atoms with van der Waals surface area (Å²) in [4.78, 5) is 27.6. The third-order valence-electron chi connectivity index (χ3n) is 4.75. The van der Waals surface area contributed by atoms with Crippen molar-refractivity contribution < 1.29 is 9.59 Å². The Morgan fingerprint density at radius 2 is 1.77 bits per heavy atom. The van der Waals surface area contributed by atoms with Gasteiger partial charge in [-0.15, -0.1) is 11.8 Å². The lowest BCUT2D eigenvalue weighted by Gasteiger charge is -2.31. The van der Waals surface area contributed by atoms with Crippen LogP contribution in [0, 0.1) is 6.92 Å². The van der Waals surface area contributed by atoms with E-state index in [4.69, 9.17) is 23.2 Å². The molecule has 1 unspecified atom stereocenters. The predicted octanol–water partition coefficient (Wildman–Crippen LogP) is 5.87. The molecule has 168 valence electrons. The number of rotatable bonds is 8. The summed E-state index contributed by atoms with van der Waals surface area (Å²) in [6.07, 6.45) is 0. The Morgan fingerprint density at radius 3 is 2.39 bits per heavy atom. The summed E-state index contributed by atoms with van der Waals surface area (Å²) in [5.74, 6) is 0.732. The Labute approximate surface area is 199 Å². The van der Waals surface area contributed by atoms with Crippen LogP contribution in [0.1, 0.15) is 44.4 Å².